The smallest absolute Gasteiger partial charge is 0.251 e. The minimum absolute atomic E-state index is 0.0259. The van der Waals surface area contributed by atoms with Crippen LogP contribution in [0, 0.1) is 11.8 Å². The first-order valence-electron chi connectivity index (χ1n) is 7.96. The Morgan fingerprint density at radius 1 is 1.27 bits per heavy atom. The molecule has 0 saturated carbocycles. The Labute approximate surface area is 131 Å². The summed E-state index contributed by atoms with van der Waals surface area (Å²) in [5, 5.41) is 9.13. The maximum absolute atomic E-state index is 12.1. The zero-order chi connectivity index (χ0) is 15.9. The van der Waals surface area contributed by atoms with Crippen molar-refractivity contribution in [2.45, 2.75) is 26.7 Å². The predicted molar refractivity (Wildman–Crippen MR) is 87.8 cm³/mol. The SMILES string of the molecule is CC(C)C(=O)Nc1ccc(C(=O)NCC2CCCNC2)cc1. The van der Waals surface area contributed by atoms with Crippen LogP contribution in [0.15, 0.2) is 24.3 Å². The fourth-order valence-corrected chi connectivity index (χ4v) is 2.43. The number of hydrogen-bond acceptors (Lipinski definition) is 3. The normalized spacial score (nSPS) is 18.0. The van der Waals surface area contributed by atoms with Gasteiger partial charge in [0.2, 0.25) is 5.91 Å². The lowest BCUT2D eigenvalue weighted by Crippen LogP contribution is -2.38. The minimum atomic E-state index is -0.0629. The monoisotopic (exact) mass is 303 g/mol. The summed E-state index contributed by atoms with van der Waals surface area (Å²) in [5.74, 6) is 0.365. The van der Waals surface area contributed by atoms with Crippen LogP contribution in [0.1, 0.15) is 37.0 Å². The molecule has 1 aliphatic rings. The van der Waals surface area contributed by atoms with Crippen LogP contribution in [0.5, 0.6) is 0 Å². The van der Waals surface area contributed by atoms with E-state index < -0.39 is 0 Å². The van der Waals surface area contributed by atoms with E-state index in [1.54, 1.807) is 24.3 Å². The van der Waals surface area contributed by atoms with Gasteiger partial charge in [-0.25, -0.2) is 0 Å². The first-order chi connectivity index (χ1) is 10.6. The van der Waals surface area contributed by atoms with Gasteiger partial charge in [0.05, 0.1) is 0 Å². The van der Waals surface area contributed by atoms with Crippen LogP contribution in [0.3, 0.4) is 0 Å². The molecular weight excluding hydrogens is 278 g/mol. The molecule has 0 radical (unpaired) electrons. The molecule has 0 spiro atoms. The average Bonchev–Trinajstić information content (AvgIpc) is 2.54. The topological polar surface area (TPSA) is 70.2 Å². The third-order valence-electron chi connectivity index (χ3n) is 3.89. The van der Waals surface area contributed by atoms with E-state index in [2.05, 4.69) is 16.0 Å². The molecule has 1 aromatic rings. The second kappa shape index (κ2) is 7.94. The van der Waals surface area contributed by atoms with Gasteiger partial charge >= 0.3 is 0 Å². The molecular formula is C17H25N3O2. The van der Waals surface area contributed by atoms with Gasteiger partial charge < -0.3 is 16.0 Å². The Balaban J connectivity index is 1.83. The summed E-state index contributed by atoms with van der Waals surface area (Å²) >= 11 is 0. The van der Waals surface area contributed by atoms with E-state index in [1.807, 2.05) is 13.8 Å². The Bertz CT molecular complexity index is 505. The van der Waals surface area contributed by atoms with Crippen LogP contribution in [0.4, 0.5) is 5.69 Å². The number of carbonyl (C=O) groups is 2. The van der Waals surface area contributed by atoms with Gasteiger partial charge in [0, 0.05) is 23.7 Å². The van der Waals surface area contributed by atoms with Gasteiger partial charge in [-0.3, -0.25) is 9.59 Å². The summed E-state index contributed by atoms with van der Waals surface area (Å²) in [6, 6.07) is 7.00. The van der Waals surface area contributed by atoms with Crippen molar-refractivity contribution < 1.29 is 9.59 Å². The lowest BCUT2D eigenvalue weighted by Gasteiger charge is -2.22. The van der Waals surface area contributed by atoms with Crippen LogP contribution in [0.25, 0.3) is 0 Å². The zero-order valence-electron chi connectivity index (χ0n) is 13.3. The van der Waals surface area contributed by atoms with E-state index in [0.29, 0.717) is 23.7 Å². The number of benzene rings is 1. The largest absolute Gasteiger partial charge is 0.352 e. The molecule has 0 aliphatic carbocycles. The average molecular weight is 303 g/mol. The maximum Gasteiger partial charge on any atom is 0.251 e. The second-order valence-electron chi connectivity index (χ2n) is 6.14. The highest BCUT2D eigenvalue weighted by molar-refractivity contribution is 5.96. The molecule has 120 valence electrons. The molecule has 0 aromatic heterocycles. The summed E-state index contributed by atoms with van der Waals surface area (Å²) in [4.78, 5) is 23.7. The van der Waals surface area contributed by atoms with E-state index in [9.17, 15) is 9.59 Å². The van der Waals surface area contributed by atoms with Crippen LogP contribution >= 0.6 is 0 Å². The molecule has 1 fully saturated rings. The Morgan fingerprint density at radius 3 is 2.59 bits per heavy atom. The lowest BCUT2D eigenvalue weighted by molar-refractivity contribution is -0.118. The van der Waals surface area contributed by atoms with Crippen LogP contribution in [0.2, 0.25) is 0 Å². The van der Waals surface area contributed by atoms with Crippen molar-refractivity contribution in [2.24, 2.45) is 11.8 Å². The van der Waals surface area contributed by atoms with E-state index in [0.717, 1.165) is 19.5 Å². The molecule has 2 rings (SSSR count). The summed E-state index contributed by atoms with van der Waals surface area (Å²) in [5.41, 5.74) is 1.33. The number of anilines is 1. The molecule has 22 heavy (non-hydrogen) atoms. The van der Waals surface area contributed by atoms with Crippen molar-refractivity contribution in [3.63, 3.8) is 0 Å². The van der Waals surface area contributed by atoms with Crippen molar-refractivity contribution in [3.05, 3.63) is 29.8 Å². The Kier molecular flexibility index (Phi) is 5.95. The summed E-state index contributed by atoms with van der Waals surface area (Å²) < 4.78 is 0. The highest BCUT2D eigenvalue weighted by Gasteiger charge is 2.14. The summed E-state index contributed by atoms with van der Waals surface area (Å²) in [7, 11) is 0. The van der Waals surface area contributed by atoms with Gasteiger partial charge in [0.15, 0.2) is 0 Å². The standard InChI is InChI=1S/C17H25N3O2/c1-12(2)16(21)20-15-7-5-14(6-8-15)17(22)19-11-13-4-3-9-18-10-13/h5-8,12-13,18H,3-4,9-11H2,1-2H3,(H,19,22)(H,20,21). The summed E-state index contributed by atoms with van der Waals surface area (Å²) in [6.07, 6.45) is 2.33. The molecule has 1 unspecified atom stereocenters. The molecule has 5 nitrogen and oxygen atoms in total. The molecule has 1 atom stereocenters. The summed E-state index contributed by atoms with van der Waals surface area (Å²) in [6.45, 7) is 6.45. The molecule has 3 N–H and O–H groups in total. The number of piperidine rings is 1. The third-order valence-corrected chi connectivity index (χ3v) is 3.89. The fourth-order valence-electron chi connectivity index (χ4n) is 2.43. The quantitative estimate of drug-likeness (QED) is 0.779. The number of nitrogens with one attached hydrogen (secondary N) is 3. The van der Waals surface area contributed by atoms with Crippen molar-refractivity contribution in [2.75, 3.05) is 25.0 Å². The van der Waals surface area contributed by atoms with Gasteiger partial charge in [-0.1, -0.05) is 13.8 Å². The number of hydrogen-bond donors (Lipinski definition) is 3. The number of carbonyl (C=O) groups excluding carboxylic acids is 2. The Hall–Kier alpha value is -1.88. The number of rotatable bonds is 5. The first-order valence-corrected chi connectivity index (χ1v) is 7.96. The molecule has 1 heterocycles. The van der Waals surface area contributed by atoms with E-state index >= 15 is 0 Å². The van der Waals surface area contributed by atoms with Crippen molar-refractivity contribution >= 4 is 17.5 Å². The lowest BCUT2D eigenvalue weighted by atomic mass is 9.99. The van der Waals surface area contributed by atoms with Crippen molar-refractivity contribution in [1.82, 2.24) is 10.6 Å². The van der Waals surface area contributed by atoms with E-state index in [4.69, 9.17) is 0 Å². The van der Waals surface area contributed by atoms with Crippen molar-refractivity contribution in [1.29, 1.82) is 0 Å². The van der Waals surface area contributed by atoms with Gasteiger partial charge in [0.1, 0.15) is 0 Å². The predicted octanol–water partition coefficient (Wildman–Crippen LogP) is 2.01. The van der Waals surface area contributed by atoms with E-state index in [1.165, 1.54) is 6.42 Å². The highest BCUT2D eigenvalue weighted by atomic mass is 16.2. The zero-order valence-corrected chi connectivity index (χ0v) is 13.3. The minimum Gasteiger partial charge on any atom is -0.352 e. The molecule has 1 aromatic carbocycles. The highest BCUT2D eigenvalue weighted by Crippen LogP contribution is 2.12. The van der Waals surface area contributed by atoms with E-state index in [-0.39, 0.29) is 17.7 Å². The molecule has 1 aliphatic heterocycles. The fraction of sp³-hybridized carbons (Fsp3) is 0.529. The van der Waals surface area contributed by atoms with Crippen LogP contribution < -0.4 is 16.0 Å². The van der Waals surface area contributed by atoms with Crippen LogP contribution in [-0.4, -0.2) is 31.4 Å². The molecule has 0 bridgehead atoms. The van der Waals surface area contributed by atoms with Gasteiger partial charge in [-0.05, 0) is 56.1 Å². The van der Waals surface area contributed by atoms with Gasteiger partial charge in [-0.15, -0.1) is 0 Å². The molecule has 5 heteroatoms. The van der Waals surface area contributed by atoms with Crippen LogP contribution in [-0.2, 0) is 4.79 Å². The maximum atomic E-state index is 12.1. The van der Waals surface area contributed by atoms with Crippen molar-refractivity contribution in [3.8, 4) is 0 Å². The second-order valence-corrected chi connectivity index (χ2v) is 6.14. The molecule has 1 saturated heterocycles. The molecule has 2 amide bonds. The third kappa shape index (κ3) is 4.84. The van der Waals surface area contributed by atoms with Gasteiger partial charge in [0.25, 0.3) is 5.91 Å². The number of amides is 2. The van der Waals surface area contributed by atoms with Gasteiger partial charge in [-0.2, -0.15) is 0 Å². The Morgan fingerprint density at radius 2 is 2.00 bits per heavy atom. The first kappa shape index (κ1) is 16.5.